The van der Waals surface area contributed by atoms with Crippen LogP contribution in [0.5, 0.6) is 5.75 Å². The topological polar surface area (TPSA) is 26.3 Å². The van der Waals surface area contributed by atoms with Crippen LogP contribution in [0.15, 0.2) is 22.7 Å². The lowest BCUT2D eigenvalue weighted by Crippen LogP contribution is -2.00. The van der Waals surface area contributed by atoms with Crippen molar-refractivity contribution < 1.29 is 13.9 Å². The molecule has 0 N–H and O–H groups in total. The van der Waals surface area contributed by atoms with E-state index in [2.05, 4.69) is 15.9 Å². The molecule has 1 aromatic carbocycles. The zero-order chi connectivity index (χ0) is 10.6. The molecule has 0 unspecified atom stereocenters. The van der Waals surface area contributed by atoms with E-state index in [1.54, 1.807) is 25.1 Å². The molecule has 4 heteroatoms. The van der Waals surface area contributed by atoms with Crippen molar-refractivity contribution in [3.05, 3.63) is 28.2 Å². The highest BCUT2D eigenvalue weighted by Gasteiger charge is 2.11. The van der Waals surface area contributed by atoms with Crippen LogP contribution in [-0.4, -0.2) is 12.6 Å². The molecule has 0 heterocycles. The first kappa shape index (κ1) is 11.2. The lowest BCUT2D eigenvalue weighted by molar-refractivity contribution is 0.0986. The number of ketones is 1. The highest BCUT2D eigenvalue weighted by atomic mass is 79.9. The van der Waals surface area contributed by atoms with E-state index in [0.29, 0.717) is 22.2 Å². The van der Waals surface area contributed by atoms with Crippen LogP contribution in [0, 0.1) is 0 Å². The van der Waals surface area contributed by atoms with Crippen LogP contribution in [0.2, 0.25) is 0 Å². The first-order valence-corrected chi connectivity index (χ1v) is 5.00. The van der Waals surface area contributed by atoms with Gasteiger partial charge in [0, 0.05) is 12.0 Å². The molecule has 76 valence electrons. The van der Waals surface area contributed by atoms with Crippen LogP contribution in [-0.2, 0) is 0 Å². The standard InChI is InChI=1S/C10H10BrFO2/c1-2-8(13)7-4-3-5-9(10(7)11)14-6-12/h3-5H,2,6H2,1H3. The maximum absolute atomic E-state index is 11.9. The molecule has 2 nitrogen and oxygen atoms in total. The van der Waals surface area contributed by atoms with Gasteiger partial charge >= 0.3 is 0 Å². The number of alkyl halides is 1. The van der Waals surface area contributed by atoms with Crippen LogP contribution < -0.4 is 4.74 Å². The monoisotopic (exact) mass is 260 g/mol. The van der Waals surface area contributed by atoms with Crippen LogP contribution in [0.25, 0.3) is 0 Å². The Balaban J connectivity index is 3.07. The number of halogens is 2. The van der Waals surface area contributed by atoms with E-state index in [0.717, 1.165) is 0 Å². The van der Waals surface area contributed by atoms with Gasteiger partial charge in [0.15, 0.2) is 5.78 Å². The second-order valence-corrected chi connectivity index (χ2v) is 3.44. The Bertz CT molecular complexity index is 339. The molecule has 1 aromatic rings. The third-order valence-corrected chi connectivity index (χ3v) is 2.61. The summed E-state index contributed by atoms with van der Waals surface area (Å²) in [4.78, 5) is 11.4. The molecule has 0 bridgehead atoms. The molecule has 0 aromatic heterocycles. The van der Waals surface area contributed by atoms with Gasteiger partial charge in [-0.3, -0.25) is 4.79 Å². The Labute approximate surface area is 90.2 Å². The van der Waals surface area contributed by atoms with Crippen molar-refractivity contribution in [2.75, 3.05) is 6.86 Å². The van der Waals surface area contributed by atoms with Crippen molar-refractivity contribution >= 4 is 21.7 Å². The van der Waals surface area contributed by atoms with E-state index in [-0.39, 0.29) is 5.78 Å². The average molecular weight is 261 g/mol. The van der Waals surface area contributed by atoms with Crippen LogP contribution >= 0.6 is 15.9 Å². The lowest BCUT2D eigenvalue weighted by Gasteiger charge is -2.07. The van der Waals surface area contributed by atoms with Gasteiger partial charge in [-0.15, -0.1) is 0 Å². The van der Waals surface area contributed by atoms with E-state index in [9.17, 15) is 9.18 Å². The Morgan fingerprint density at radius 2 is 2.29 bits per heavy atom. The minimum Gasteiger partial charge on any atom is -0.462 e. The van der Waals surface area contributed by atoms with Gasteiger partial charge in [-0.1, -0.05) is 13.0 Å². The third-order valence-electron chi connectivity index (χ3n) is 1.79. The predicted octanol–water partition coefficient (Wildman–Crippen LogP) is 3.35. The Kier molecular flexibility index (Phi) is 4.07. The fourth-order valence-corrected chi connectivity index (χ4v) is 1.69. The van der Waals surface area contributed by atoms with Crippen LogP contribution in [0.1, 0.15) is 23.7 Å². The van der Waals surface area contributed by atoms with E-state index < -0.39 is 6.86 Å². The molecule has 0 aliphatic heterocycles. The predicted molar refractivity (Wildman–Crippen MR) is 55.4 cm³/mol. The summed E-state index contributed by atoms with van der Waals surface area (Å²) in [7, 11) is 0. The van der Waals surface area contributed by atoms with Crippen molar-refractivity contribution in [1.29, 1.82) is 0 Å². The maximum Gasteiger partial charge on any atom is 0.228 e. The molecular weight excluding hydrogens is 251 g/mol. The summed E-state index contributed by atoms with van der Waals surface area (Å²) < 4.78 is 17.2. The molecule has 0 saturated carbocycles. The smallest absolute Gasteiger partial charge is 0.228 e. The van der Waals surface area contributed by atoms with E-state index >= 15 is 0 Å². The second-order valence-electron chi connectivity index (χ2n) is 2.65. The number of benzene rings is 1. The minimum absolute atomic E-state index is 0.00110. The van der Waals surface area contributed by atoms with Gasteiger partial charge < -0.3 is 4.74 Å². The molecule has 0 spiro atoms. The number of hydrogen-bond acceptors (Lipinski definition) is 2. The largest absolute Gasteiger partial charge is 0.462 e. The van der Waals surface area contributed by atoms with Gasteiger partial charge in [-0.2, -0.15) is 0 Å². The Morgan fingerprint density at radius 3 is 2.86 bits per heavy atom. The molecule has 0 radical (unpaired) electrons. The van der Waals surface area contributed by atoms with E-state index in [4.69, 9.17) is 4.74 Å². The molecule has 0 amide bonds. The van der Waals surface area contributed by atoms with Gasteiger partial charge in [0.05, 0.1) is 4.47 Å². The van der Waals surface area contributed by atoms with Gasteiger partial charge in [-0.25, -0.2) is 4.39 Å². The normalized spacial score (nSPS) is 9.93. The summed E-state index contributed by atoms with van der Waals surface area (Å²) in [5, 5.41) is 0. The van der Waals surface area contributed by atoms with Gasteiger partial charge in [0.2, 0.25) is 6.86 Å². The van der Waals surface area contributed by atoms with Crippen LogP contribution in [0.4, 0.5) is 4.39 Å². The first-order valence-electron chi connectivity index (χ1n) is 4.21. The highest BCUT2D eigenvalue weighted by molar-refractivity contribution is 9.10. The molecule has 14 heavy (non-hydrogen) atoms. The number of ether oxygens (including phenoxy) is 1. The first-order chi connectivity index (χ1) is 6.70. The van der Waals surface area contributed by atoms with Gasteiger partial charge in [-0.05, 0) is 28.1 Å². The van der Waals surface area contributed by atoms with Crippen molar-refractivity contribution in [1.82, 2.24) is 0 Å². The molecule has 1 rings (SSSR count). The van der Waals surface area contributed by atoms with Crippen LogP contribution in [0.3, 0.4) is 0 Å². The summed E-state index contributed by atoms with van der Waals surface area (Å²) >= 11 is 3.21. The van der Waals surface area contributed by atoms with Crippen molar-refractivity contribution in [3.63, 3.8) is 0 Å². The summed E-state index contributed by atoms with van der Waals surface area (Å²) in [6.07, 6.45) is 0.414. The molecule has 0 aliphatic carbocycles. The molecule has 0 aliphatic rings. The Morgan fingerprint density at radius 1 is 1.57 bits per heavy atom. The maximum atomic E-state index is 11.9. The van der Waals surface area contributed by atoms with Crippen molar-refractivity contribution in [3.8, 4) is 5.75 Å². The number of carbonyl (C=O) groups excluding carboxylic acids is 1. The number of hydrogen-bond donors (Lipinski definition) is 0. The third kappa shape index (κ3) is 2.32. The van der Waals surface area contributed by atoms with Gasteiger partial charge in [0.1, 0.15) is 5.75 Å². The van der Waals surface area contributed by atoms with Gasteiger partial charge in [0.25, 0.3) is 0 Å². The number of rotatable bonds is 4. The average Bonchev–Trinajstić information content (AvgIpc) is 2.20. The number of Topliss-reactive ketones (excluding diaryl/α,β-unsaturated/α-hetero) is 1. The zero-order valence-electron chi connectivity index (χ0n) is 7.72. The lowest BCUT2D eigenvalue weighted by atomic mass is 10.1. The number of carbonyl (C=O) groups is 1. The zero-order valence-corrected chi connectivity index (χ0v) is 9.30. The summed E-state index contributed by atoms with van der Waals surface area (Å²) in [6.45, 7) is 0.875. The van der Waals surface area contributed by atoms with Crippen molar-refractivity contribution in [2.24, 2.45) is 0 Å². The summed E-state index contributed by atoms with van der Waals surface area (Å²) in [6, 6.07) is 4.95. The molecule has 0 saturated heterocycles. The quantitative estimate of drug-likeness (QED) is 0.777. The molecule has 0 atom stereocenters. The summed E-state index contributed by atoms with van der Waals surface area (Å²) in [5.41, 5.74) is 0.526. The minimum atomic E-state index is -0.900. The Hall–Kier alpha value is -0.900. The SMILES string of the molecule is CCC(=O)c1cccc(OCF)c1Br. The molecular formula is C10H10BrFO2. The van der Waals surface area contributed by atoms with E-state index in [1.807, 2.05) is 0 Å². The fraction of sp³-hybridized carbons (Fsp3) is 0.300. The van der Waals surface area contributed by atoms with E-state index in [1.165, 1.54) is 0 Å². The fourth-order valence-electron chi connectivity index (χ4n) is 1.09. The second kappa shape index (κ2) is 5.10. The van der Waals surface area contributed by atoms with Crippen molar-refractivity contribution in [2.45, 2.75) is 13.3 Å². The molecule has 0 fully saturated rings. The summed E-state index contributed by atoms with van der Waals surface area (Å²) in [5.74, 6) is 0.355. The highest BCUT2D eigenvalue weighted by Crippen LogP contribution is 2.29.